The summed E-state index contributed by atoms with van der Waals surface area (Å²) < 4.78 is 11.2. The molecule has 2 amide bonds. The smallest absolute Gasteiger partial charge is 0.230 e. The predicted molar refractivity (Wildman–Crippen MR) is 92.0 cm³/mol. The van der Waals surface area contributed by atoms with E-state index in [1.165, 1.54) is 0 Å². The van der Waals surface area contributed by atoms with Crippen molar-refractivity contribution < 1.29 is 19.1 Å². The van der Waals surface area contributed by atoms with Gasteiger partial charge in [-0.15, -0.1) is 0 Å². The number of rotatable bonds is 6. The lowest BCUT2D eigenvalue weighted by Crippen LogP contribution is -2.44. The maximum atomic E-state index is 13.1. The van der Waals surface area contributed by atoms with Crippen LogP contribution in [-0.2, 0) is 25.6 Å². The fourth-order valence-corrected chi connectivity index (χ4v) is 4.36. The first-order valence-electron chi connectivity index (χ1n) is 8.85. The van der Waals surface area contributed by atoms with Crippen LogP contribution in [0.4, 0.5) is 0 Å². The molecule has 0 aromatic carbocycles. The number of carbonyl (C=O) groups is 2. The molecule has 0 radical (unpaired) electrons. The van der Waals surface area contributed by atoms with Crippen LogP contribution in [0.1, 0.15) is 11.5 Å². The Labute approximate surface area is 152 Å². The molecule has 8 heteroatoms. The van der Waals surface area contributed by atoms with Crippen molar-refractivity contribution in [2.75, 3.05) is 33.9 Å². The van der Waals surface area contributed by atoms with Crippen LogP contribution in [0.3, 0.4) is 0 Å². The number of hydrogen-bond donors (Lipinski definition) is 1. The minimum Gasteiger partial charge on any atom is -0.383 e. The van der Waals surface area contributed by atoms with Crippen LogP contribution in [-0.4, -0.2) is 77.1 Å². The van der Waals surface area contributed by atoms with Crippen molar-refractivity contribution in [3.05, 3.63) is 29.9 Å². The van der Waals surface area contributed by atoms with Crippen LogP contribution in [0.15, 0.2) is 18.3 Å². The van der Waals surface area contributed by atoms with Gasteiger partial charge in [-0.3, -0.25) is 9.59 Å². The van der Waals surface area contributed by atoms with Gasteiger partial charge in [-0.05, 0) is 6.92 Å². The van der Waals surface area contributed by atoms with Crippen LogP contribution in [0.5, 0.6) is 0 Å². The van der Waals surface area contributed by atoms with Gasteiger partial charge >= 0.3 is 0 Å². The average Bonchev–Trinajstić information content (AvgIpc) is 3.34. The fourth-order valence-electron chi connectivity index (χ4n) is 4.36. The Hall–Kier alpha value is -2.19. The zero-order valence-corrected chi connectivity index (χ0v) is 15.3. The van der Waals surface area contributed by atoms with Gasteiger partial charge in [0.15, 0.2) is 0 Å². The predicted octanol–water partition coefficient (Wildman–Crippen LogP) is 0.105. The monoisotopic (exact) mass is 360 g/mol. The number of aryl methyl sites for hydroxylation is 1. The highest BCUT2D eigenvalue weighted by Gasteiger charge is 2.66. The topological polar surface area (TPSA) is 87.8 Å². The first kappa shape index (κ1) is 17.2. The minimum atomic E-state index is -0.669. The van der Waals surface area contributed by atoms with Crippen molar-refractivity contribution in [3.8, 4) is 0 Å². The molecule has 2 fully saturated rings. The van der Waals surface area contributed by atoms with Gasteiger partial charge in [0.2, 0.25) is 11.8 Å². The summed E-state index contributed by atoms with van der Waals surface area (Å²) in [7, 11) is 3.35. The third-order valence-electron chi connectivity index (χ3n) is 5.55. The number of fused-ring (bicyclic) bond motifs is 1. The van der Waals surface area contributed by atoms with Gasteiger partial charge in [-0.2, -0.15) is 0 Å². The van der Waals surface area contributed by atoms with E-state index in [0.29, 0.717) is 26.2 Å². The summed E-state index contributed by atoms with van der Waals surface area (Å²) in [5, 5.41) is 0. The Morgan fingerprint density at radius 2 is 2.38 bits per heavy atom. The molecule has 3 aliphatic heterocycles. The molecule has 1 spiro atoms. The molecule has 0 saturated carbocycles. The number of hydrogen-bond acceptors (Lipinski definition) is 5. The van der Waals surface area contributed by atoms with Gasteiger partial charge < -0.3 is 24.3 Å². The number of carbonyl (C=O) groups excluding carboxylic acids is 2. The third-order valence-corrected chi connectivity index (χ3v) is 5.55. The van der Waals surface area contributed by atoms with Crippen LogP contribution in [0, 0.1) is 18.8 Å². The molecule has 1 aromatic heterocycles. The van der Waals surface area contributed by atoms with Gasteiger partial charge in [-0.25, -0.2) is 4.98 Å². The van der Waals surface area contributed by atoms with E-state index < -0.39 is 17.4 Å². The SMILES string of the molecule is COCCN1C[C@]23C=C[C@H](O2)[C@@H](C(=O)N(C)Cc2ncc(C)[nH]2)[C@@H]3C1=O. The van der Waals surface area contributed by atoms with Crippen molar-refractivity contribution in [2.45, 2.75) is 25.2 Å². The first-order valence-corrected chi connectivity index (χ1v) is 8.85. The number of H-pyrrole nitrogens is 1. The summed E-state index contributed by atoms with van der Waals surface area (Å²) >= 11 is 0. The van der Waals surface area contributed by atoms with E-state index in [1.54, 1.807) is 30.2 Å². The molecule has 4 atom stereocenters. The highest BCUT2D eigenvalue weighted by Crippen LogP contribution is 2.52. The molecule has 1 N–H and O–H groups in total. The van der Waals surface area contributed by atoms with Gasteiger partial charge in [0.05, 0.1) is 37.6 Å². The summed E-state index contributed by atoms with van der Waals surface area (Å²) in [5.41, 5.74) is 0.281. The number of ether oxygens (including phenoxy) is 2. The van der Waals surface area contributed by atoms with Gasteiger partial charge in [-0.1, -0.05) is 12.2 Å². The van der Waals surface area contributed by atoms with Gasteiger partial charge in [0.25, 0.3) is 0 Å². The number of aromatic amines is 1. The van der Waals surface area contributed by atoms with Crippen molar-refractivity contribution in [2.24, 2.45) is 11.8 Å². The van der Waals surface area contributed by atoms with Crippen LogP contribution >= 0.6 is 0 Å². The number of likely N-dealkylation sites (tertiary alicyclic amines) is 1. The molecule has 2 bridgehead atoms. The number of amides is 2. The highest BCUT2D eigenvalue weighted by atomic mass is 16.5. The van der Waals surface area contributed by atoms with E-state index in [9.17, 15) is 9.59 Å². The summed E-state index contributed by atoms with van der Waals surface area (Å²) in [5.74, 6) is -0.312. The van der Waals surface area contributed by atoms with Gasteiger partial charge in [0.1, 0.15) is 11.4 Å². The minimum absolute atomic E-state index is 0.0190. The van der Waals surface area contributed by atoms with Crippen LogP contribution < -0.4 is 0 Å². The molecule has 0 aliphatic carbocycles. The highest BCUT2D eigenvalue weighted by molar-refractivity contribution is 5.92. The van der Waals surface area contributed by atoms with E-state index in [1.807, 2.05) is 19.1 Å². The molecular weight excluding hydrogens is 336 g/mol. The Morgan fingerprint density at radius 1 is 1.58 bits per heavy atom. The molecule has 8 nitrogen and oxygen atoms in total. The number of nitrogens with one attached hydrogen (secondary N) is 1. The second-order valence-corrected chi connectivity index (χ2v) is 7.36. The van der Waals surface area contributed by atoms with Crippen molar-refractivity contribution in [3.63, 3.8) is 0 Å². The standard InChI is InChI=1S/C18H24N4O4/c1-11-8-19-13(20-11)9-21(2)16(23)14-12-4-5-18(26-12)10-22(6-7-25-3)17(24)15(14)18/h4-5,8,12,14-15H,6-7,9-10H2,1-3H3,(H,19,20)/t12-,14+,15+,18-/m0/s1. The molecule has 0 unspecified atom stereocenters. The Morgan fingerprint density at radius 3 is 3.08 bits per heavy atom. The Bertz CT molecular complexity index is 760. The Balaban J connectivity index is 1.52. The maximum Gasteiger partial charge on any atom is 0.230 e. The summed E-state index contributed by atoms with van der Waals surface area (Å²) in [6, 6.07) is 0. The van der Waals surface area contributed by atoms with Crippen molar-refractivity contribution >= 4 is 11.8 Å². The van der Waals surface area contributed by atoms with E-state index in [0.717, 1.165) is 11.5 Å². The molecule has 4 rings (SSSR count). The average molecular weight is 360 g/mol. The van der Waals surface area contributed by atoms with E-state index >= 15 is 0 Å². The first-order chi connectivity index (χ1) is 12.4. The lowest BCUT2D eigenvalue weighted by Gasteiger charge is -2.27. The lowest BCUT2D eigenvalue weighted by molar-refractivity contribution is -0.143. The molecule has 26 heavy (non-hydrogen) atoms. The van der Waals surface area contributed by atoms with Crippen LogP contribution in [0.25, 0.3) is 0 Å². The fraction of sp³-hybridized carbons (Fsp3) is 0.611. The number of aromatic nitrogens is 2. The van der Waals surface area contributed by atoms with E-state index in [4.69, 9.17) is 9.47 Å². The summed E-state index contributed by atoms with van der Waals surface area (Å²) in [6.45, 7) is 3.76. The molecule has 1 aromatic rings. The second kappa shape index (κ2) is 6.21. The van der Waals surface area contributed by atoms with Crippen molar-refractivity contribution in [1.82, 2.24) is 19.8 Å². The van der Waals surface area contributed by atoms with Crippen molar-refractivity contribution in [1.29, 1.82) is 0 Å². The third kappa shape index (κ3) is 2.55. The quantitative estimate of drug-likeness (QED) is 0.728. The molecule has 4 heterocycles. The Kier molecular flexibility index (Phi) is 4.11. The number of imidazole rings is 1. The van der Waals surface area contributed by atoms with Crippen LogP contribution in [0.2, 0.25) is 0 Å². The second-order valence-electron chi connectivity index (χ2n) is 7.36. The van der Waals surface area contributed by atoms with E-state index in [-0.39, 0.29) is 17.9 Å². The zero-order chi connectivity index (χ0) is 18.5. The van der Waals surface area contributed by atoms with Gasteiger partial charge in [0, 0.05) is 32.6 Å². The molecule has 3 aliphatic rings. The summed E-state index contributed by atoms with van der Waals surface area (Å²) in [4.78, 5) is 36.8. The normalized spacial score (nSPS) is 31.7. The molecule has 2 saturated heterocycles. The largest absolute Gasteiger partial charge is 0.383 e. The lowest BCUT2D eigenvalue weighted by atomic mass is 9.76. The molecular formula is C18H24N4O4. The number of nitrogens with zero attached hydrogens (tertiary/aromatic N) is 3. The van der Waals surface area contributed by atoms with E-state index in [2.05, 4.69) is 9.97 Å². The summed E-state index contributed by atoms with van der Waals surface area (Å²) in [6.07, 6.45) is 5.30. The molecule has 140 valence electrons. The number of methoxy groups -OCH3 is 1. The maximum absolute atomic E-state index is 13.1. The zero-order valence-electron chi connectivity index (χ0n) is 15.3.